The number of nitrogens with zero attached hydrogens (tertiary/aromatic N) is 1. The summed E-state index contributed by atoms with van der Waals surface area (Å²) < 4.78 is 14.4. The van der Waals surface area contributed by atoms with Crippen molar-refractivity contribution in [3.05, 3.63) is 70.7 Å². The summed E-state index contributed by atoms with van der Waals surface area (Å²) >= 11 is 0. The topological polar surface area (TPSA) is 24.9 Å². The molecule has 3 atom stereocenters. The van der Waals surface area contributed by atoms with Crippen molar-refractivity contribution in [2.24, 2.45) is 11.8 Å². The van der Waals surface area contributed by atoms with Crippen molar-refractivity contribution in [1.29, 1.82) is 0 Å². The van der Waals surface area contributed by atoms with Crippen LogP contribution in [0.1, 0.15) is 61.5 Å². The smallest absolute Gasteiger partial charge is 0.126 e. The fourth-order valence-electron chi connectivity index (χ4n) is 4.82. The van der Waals surface area contributed by atoms with Gasteiger partial charge in [-0.05, 0) is 85.0 Å². The molecule has 1 heterocycles. The first-order chi connectivity index (χ1) is 13.4. The van der Waals surface area contributed by atoms with Crippen molar-refractivity contribution in [2.75, 3.05) is 5.32 Å². The molecule has 2 nitrogen and oxygen atoms in total. The lowest BCUT2D eigenvalue weighted by Gasteiger charge is -2.40. The fraction of sp³-hybridized carbons (Fsp3) is 0.400. The third kappa shape index (κ3) is 3.17. The predicted octanol–water partition coefficient (Wildman–Crippen LogP) is 6.92. The van der Waals surface area contributed by atoms with Crippen LogP contribution in [-0.2, 0) is 0 Å². The lowest BCUT2D eigenvalue weighted by atomic mass is 9.69. The average molecular weight is 377 g/mol. The summed E-state index contributed by atoms with van der Waals surface area (Å²) in [6.45, 7) is 10.8. The molecular formula is C25H29FN2. The van der Waals surface area contributed by atoms with E-state index in [1.54, 1.807) is 6.07 Å². The standard InChI is InChI=1S/C25H29FN2/c1-14(2)20-13-15(3)25(19-11-12-21(26)17(5)24(19)20)28-23-8-6-7-22-18(23)10-9-16(4)27-22/h6-12,14-15,20,25,28H,13H2,1-5H3. The summed E-state index contributed by atoms with van der Waals surface area (Å²) in [5.74, 6) is 1.25. The number of rotatable bonds is 3. The lowest BCUT2D eigenvalue weighted by Crippen LogP contribution is -2.30. The number of nitrogens with one attached hydrogen (secondary N) is 1. The number of anilines is 1. The molecule has 1 N–H and O–H groups in total. The molecule has 3 aromatic rings. The van der Waals surface area contributed by atoms with Crippen molar-refractivity contribution < 1.29 is 4.39 Å². The third-order valence-corrected chi connectivity index (χ3v) is 6.37. The second kappa shape index (κ2) is 7.20. The molecule has 146 valence electrons. The van der Waals surface area contributed by atoms with Gasteiger partial charge in [0.15, 0.2) is 0 Å². The van der Waals surface area contributed by atoms with Crippen molar-refractivity contribution in [1.82, 2.24) is 4.98 Å². The SMILES string of the molecule is Cc1ccc2c(NC3c4ccc(F)c(C)c4C(C(C)C)CC3C)cccc2n1. The van der Waals surface area contributed by atoms with Crippen LogP contribution in [0.25, 0.3) is 10.9 Å². The van der Waals surface area contributed by atoms with Crippen molar-refractivity contribution in [2.45, 2.75) is 53.0 Å². The summed E-state index contributed by atoms with van der Waals surface area (Å²) in [6, 6.07) is 14.2. The molecule has 0 bridgehead atoms. The van der Waals surface area contributed by atoms with Gasteiger partial charge < -0.3 is 5.32 Å². The van der Waals surface area contributed by atoms with Crippen LogP contribution in [0.4, 0.5) is 10.1 Å². The summed E-state index contributed by atoms with van der Waals surface area (Å²) in [4.78, 5) is 4.66. The van der Waals surface area contributed by atoms with Gasteiger partial charge in [-0.15, -0.1) is 0 Å². The number of fused-ring (bicyclic) bond motifs is 2. The Hall–Kier alpha value is -2.42. The van der Waals surface area contributed by atoms with E-state index in [1.807, 2.05) is 19.9 Å². The number of pyridine rings is 1. The lowest BCUT2D eigenvalue weighted by molar-refractivity contribution is 0.329. The zero-order chi connectivity index (χ0) is 20.0. The Kier molecular flexibility index (Phi) is 4.86. The molecule has 0 radical (unpaired) electrons. The van der Waals surface area contributed by atoms with Crippen LogP contribution in [-0.4, -0.2) is 4.98 Å². The minimum Gasteiger partial charge on any atom is -0.377 e. The molecule has 3 unspecified atom stereocenters. The Balaban J connectivity index is 1.81. The van der Waals surface area contributed by atoms with E-state index in [9.17, 15) is 4.39 Å². The van der Waals surface area contributed by atoms with Crippen molar-refractivity contribution in [3.63, 3.8) is 0 Å². The summed E-state index contributed by atoms with van der Waals surface area (Å²) in [6.07, 6.45) is 1.06. The molecule has 1 aliphatic rings. The van der Waals surface area contributed by atoms with E-state index in [0.717, 1.165) is 34.3 Å². The molecule has 3 heteroatoms. The molecule has 0 amide bonds. The molecule has 0 saturated heterocycles. The number of aryl methyl sites for hydroxylation is 1. The van der Waals surface area contributed by atoms with Crippen LogP contribution >= 0.6 is 0 Å². The Labute approximate surface area is 167 Å². The van der Waals surface area contributed by atoms with Crippen molar-refractivity contribution >= 4 is 16.6 Å². The maximum absolute atomic E-state index is 14.4. The highest BCUT2D eigenvalue weighted by Crippen LogP contribution is 2.47. The van der Waals surface area contributed by atoms with Gasteiger partial charge in [-0.25, -0.2) is 4.39 Å². The van der Waals surface area contributed by atoms with Gasteiger partial charge in [0.25, 0.3) is 0 Å². The van der Waals surface area contributed by atoms with Gasteiger partial charge in [0.1, 0.15) is 5.82 Å². The highest BCUT2D eigenvalue weighted by Gasteiger charge is 2.35. The highest BCUT2D eigenvalue weighted by atomic mass is 19.1. The van der Waals surface area contributed by atoms with Gasteiger partial charge in [-0.2, -0.15) is 0 Å². The molecule has 1 aliphatic carbocycles. The maximum atomic E-state index is 14.4. The normalized spacial score (nSPS) is 21.8. The highest BCUT2D eigenvalue weighted by molar-refractivity contribution is 5.91. The van der Waals surface area contributed by atoms with Crippen LogP contribution in [0.3, 0.4) is 0 Å². The largest absolute Gasteiger partial charge is 0.377 e. The summed E-state index contributed by atoms with van der Waals surface area (Å²) in [5.41, 5.74) is 6.38. The van der Waals surface area contributed by atoms with E-state index >= 15 is 0 Å². The first-order valence-corrected chi connectivity index (χ1v) is 10.3. The summed E-state index contributed by atoms with van der Waals surface area (Å²) in [7, 11) is 0. The maximum Gasteiger partial charge on any atom is 0.126 e. The number of benzene rings is 2. The Morgan fingerprint density at radius 1 is 1.07 bits per heavy atom. The Bertz CT molecular complexity index is 1020. The zero-order valence-corrected chi connectivity index (χ0v) is 17.4. The average Bonchev–Trinajstić information content (AvgIpc) is 2.66. The molecule has 0 fully saturated rings. The van der Waals surface area contributed by atoms with E-state index in [0.29, 0.717) is 17.8 Å². The van der Waals surface area contributed by atoms with Crippen LogP contribution in [0.15, 0.2) is 42.5 Å². The molecular weight excluding hydrogens is 347 g/mol. The Morgan fingerprint density at radius 2 is 1.86 bits per heavy atom. The van der Waals surface area contributed by atoms with Gasteiger partial charge >= 0.3 is 0 Å². The van der Waals surface area contributed by atoms with E-state index in [-0.39, 0.29) is 11.9 Å². The molecule has 0 aliphatic heterocycles. The van der Waals surface area contributed by atoms with Crippen LogP contribution in [0.5, 0.6) is 0 Å². The van der Waals surface area contributed by atoms with Crippen LogP contribution in [0, 0.1) is 31.5 Å². The fourth-order valence-corrected chi connectivity index (χ4v) is 4.82. The summed E-state index contributed by atoms with van der Waals surface area (Å²) in [5, 5.41) is 4.92. The van der Waals surface area contributed by atoms with Crippen molar-refractivity contribution in [3.8, 4) is 0 Å². The number of hydrogen-bond donors (Lipinski definition) is 1. The number of halogens is 1. The van der Waals surface area contributed by atoms with Crippen LogP contribution < -0.4 is 5.32 Å². The Morgan fingerprint density at radius 3 is 2.61 bits per heavy atom. The first-order valence-electron chi connectivity index (χ1n) is 10.3. The number of aromatic nitrogens is 1. The monoisotopic (exact) mass is 376 g/mol. The second-order valence-electron chi connectivity index (χ2n) is 8.69. The predicted molar refractivity (Wildman–Crippen MR) is 115 cm³/mol. The quantitative estimate of drug-likeness (QED) is 0.536. The molecule has 2 aromatic carbocycles. The molecule has 0 saturated carbocycles. The zero-order valence-electron chi connectivity index (χ0n) is 17.4. The van der Waals surface area contributed by atoms with E-state index in [2.05, 4.69) is 61.4 Å². The van der Waals surface area contributed by atoms with E-state index < -0.39 is 0 Å². The molecule has 1 aromatic heterocycles. The minimum atomic E-state index is -0.0949. The van der Waals surface area contributed by atoms with Crippen LogP contribution in [0.2, 0.25) is 0 Å². The van der Waals surface area contributed by atoms with Gasteiger partial charge in [0.05, 0.1) is 11.6 Å². The number of hydrogen-bond acceptors (Lipinski definition) is 2. The van der Waals surface area contributed by atoms with Gasteiger partial charge in [0, 0.05) is 16.8 Å². The second-order valence-corrected chi connectivity index (χ2v) is 8.69. The van der Waals surface area contributed by atoms with Gasteiger partial charge in [-0.3, -0.25) is 4.98 Å². The third-order valence-electron chi connectivity index (χ3n) is 6.37. The molecule has 28 heavy (non-hydrogen) atoms. The van der Waals surface area contributed by atoms with E-state index in [1.165, 1.54) is 11.1 Å². The molecule has 0 spiro atoms. The van der Waals surface area contributed by atoms with Gasteiger partial charge in [-0.1, -0.05) is 32.9 Å². The first kappa shape index (κ1) is 18.9. The van der Waals surface area contributed by atoms with E-state index in [4.69, 9.17) is 0 Å². The van der Waals surface area contributed by atoms with Gasteiger partial charge in [0.2, 0.25) is 0 Å². The molecule has 4 rings (SSSR count). The minimum absolute atomic E-state index is 0.0949.